The standard InChI is InChI=1S/C19H20N6O2/c1-24(2)19(27)23-15-6-4-14(5-7-15)13-21-18(26)17-12-16(8-10-20-17)25-11-3-9-22-25/h3-12H,13H2,1-2H3,(H,21,26)(H,23,27). The Morgan fingerprint density at radius 1 is 1.11 bits per heavy atom. The van der Waals surface area contributed by atoms with Crippen molar-refractivity contribution in [2.75, 3.05) is 19.4 Å². The third kappa shape index (κ3) is 4.69. The molecule has 1 aromatic carbocycles. The molecule has 0 saturated heterocycles. The van der Waals surface area contributed by atoms with E-state index in [1.165, 1.54) is 4.90 Å². The Balaban J connectivity index is 1.59. The molecular formula is C19H20N6O2. The average Bonchev–Trinajstić information content (AvgIpc) is 3.22. The maximum absolute atomic E-state index is 12.4. The zero-order valence-electron chi connectivity index (χ0n) is 15.1. The van der Waals surface area contributed by atoms with Gasteiger partial charge in [0.2, 0.25) is 0 Å². The van der Waals surface area contributed by atoms with Crippen molar-refractivity contribution in [3.8, 4) is 5.69 Å². The highest BCUT2D eigenvalue weighted by atomic mass is 16.2. The highest BCUT2D eigenvalue weighted by Gasteiger charge is 2.09. The van der Waals surface area contributed by atoms with Gasteiger partial charge in [-0.05, 0) is 35.9 Å². The van der Waals surface area contributed by atoms with Crippen LogP contribution >= 0.6 is 0 Å². The average molecular weight is 364 g/mol. The van der Waals surface area contributed by atoms with Gasteiger partial charge in [-0.2, -0.15) is 5.10 Å². The summed E-state index contributed by atoms with van der Waals surface area (Å²) < 4.78 is 1.67. The molecule has 2 N–H and O–H groups in total. The number of carbonyl (C=O) groups is 2. The molecule has 0 radical (unpaired) electrons. The molecule has 0 aliphatic carbocycles. The van der Waals surface area contributed by atoms with Crippen molar-refractivity contribution in [1.82, 2.24) is 25.0 Å². The number of nitrogens with zero attached hydrogens (tertiary/aromatic N) is 4. The van der Waals surface area contributed by atoms with Crippen molar-refractivity contribution >= 4 is 17.6 Å². The molecule has 0 aliphatic heterocycles. The van der Waals surface area contributed by atoms with Gasteiger partial charge in [0.05, 0.1) is 5.69 Å². The van der Waals surface area contributed by atoms with Gasteiger partial charge in [0.15, 0.2) is 0 Å². The van der Waals surface area contributed by atoms with E-state index < -0.39 is 0 Å². The summed E-state index contributed by atoms with van der Waals surface area (Å²) in [7, 11) is 3.35. The normalized spacial score (nSPS) is 10.3. The molecule has 27 heavy (non-hydrogen) atoms. The van der Waals surface area contributed by atoms with E-state index in [-0.39, 0.29) is 11.9 Å². The molecule has 0 unspecified atom stereocenters. The smallest absolute Gasteiger partial charge is 0.321 e. The molecule has 0 aliphatic rings. The van der Waals surface area contributed by atoms with E-state index >= 15 is 0 Å². The first-order valence-electron chi connectivity index (χ1n) is 8.34. The van der Waals surface area contributed by atoms with Gasteiger partial charge in [-0.3, -0.25) is 9.78 Å². The monoisotopic (exact) mass is 364 g/mol. The van der Waals surface area contributed by atoms with E-state index in [4.69, 9.17) is 0 Å². The van der Waals surface area contributed by atoms with E-state index in [1.807, 2.05) is 18.2 Å². The number of hydrogen-bond donors (Lipinski definition) is 2. The summed E-state index contributed by atoms with van der Waals surface area (Å²) in [4.78, 5) is 29.6. The minimum atomic E-state index is -0.269. The van der Waals surface area contributed by atoms with Crippen LogP contribution in [0.2, 0.25) is 0 Å². The van der Waals surface area contributed by atoms with Crippen LogP contribution in [0.15, 0.2) is 61.1 Å². The molecule has 2 aromatic heterocycles. The molecule has 3 amide bonds. The van der Waals surface area contributed by atoms with Gasteiger partial charge >= 0.3 is 6.03 Å². The number of nitrogens with one attached hydrogen (secondary N) is 2. The lowest BCUT2D eigenvalue weighted by molar-refractivity contribution is 0.0946. The molecule has 0 bridgehead atoms. The molecule has 0 fully saturated rings. The second-order valence-corrected chi connectivity index (χ2v) is 6.05. The van der Waals surface area contributed by atoms with E-state index in [2.05, 4.69) is 20.7 Å². The molecule has 2 heterocycles. The van der Waals surface area contributed by atoms with Gasteiger partial charge in [-0.25, -0.2) is 9.48 Å². The fraction of sp³-hybridized carbons (Fsp3) is 0.158. The zero-order valence-corrected chi connectivity index (χ0v) is 15.1. The summed E-state index contributed by atoms with van der Waals surface area (Å²) in [6, 6.07) is 12.4. The Hall–Kier alpha value is -3.68. The summed E-state index contributed by atoms with van der Waals surface area (Å²) in [6.07, 6.45) is 5.05. The summed E-state index contributed by atoms with van der Waals surface area (Å²) in [5.74, 6) is -0.269. The SMILES string of the molecule is CN(C)C(=O)Nc1ccc(CNC(=O)c2cc(-n3cccn3)ccn2)cc1. The number of carbonyl (C=O) groups excluding carboxylic acids is 2. The quantitative estimate of drug-likeness (QED) is 0.727. The number of pyridine rings is 1. The molecular weight excluding hydrogens is 344 g/mol. The van der Waals surface area contributed by atoms with E-state index in [9.17, 15) is 9.59 Å². The molecule has 3 rings (SSSR count). The van der Waals surface area contributed by atoms with Gasteiger partial charge in [0.1, 0.15) is 5.69 Å². The van der Waals surface area contributed by atoms with Crippen LogP contribution in [-0.2, 0) is 6.54 Å². The Morgan fingerprint density at radius 2 is 1.89 bits per heavy atom. The lowest BCUT2D eigenvalue weighted by Crippen LogP contribution is -2.27. The van der Waals surface area contributed by atoms with Crippen LogP contribution in [-0.4, -0.2) is 45.7 Å². The summed E-state index contributed by atoms with van der Waals surface area (Å²) in [5.41, 5.74) is 2.69. The third-order valence-electron chi connectivity index (χ3n) is 3.81. The lowest BCUT2D eigenvalue weighted by atomic mass is 10.2. The number of aromatic nitrogens is 3. The maximum Gasteiger partial charge on any atom is 0.321 e. The Labute approximate surface area is 156 Å². The van der Waals surface area contributed by atoms with Gasteiger partial charge in [0.25, 0.3) is 5.91 Å². The molecule has 8 heteroatoms. The zero-order chi connectivity index (χ0) is 19.2. The topological polar surface area (TPSA) is 92.2 Å². The lowest BCUT2D eigenvalue weighted by Gasteiger charge is -2.12. The minimum absolute atomic E-state index is 0.195. The van der Waals surface area contributed by atoms with Crippen molar-refractivity contribution in [3.05, 3.63) is 72.3 Å². The van der Waals surface area contributed by atoms with Crippen molar-refractivity contribution in [2.24, 2.45) is 0 Å². The maximum atomic E-state index is 12.4. The Kier molecular flexibility index (Phi) is 5.46. The highest BCUT2D eigenvalue weighted by Crippen LogP contribution is 2.11. The molecule has 8 nitrogen and oxygen atoms in total. The van der Waals surface area contributed by atoms with E-state index in [0.717, 1.165) is 11.3 Å². The predicted molar refractivity (Wildman–Crippen MR) is 102 cm³/mol. The van der Waals surface area contributed by atoms with E-state index in [0.29, 0.717) is 17.9 Å². The number of benzene rings is 1. The van der Waals surface area contributed by atoms with Crippen LogP contribution in [0.4, 0.5) is 10.5 Å². The Morgan fingerprint density at radius 3 is 2.56 bits per heavy atom. The molecule has 0 atom stereocenters. The first-order chi connectivity index (χ1) is 13.0. The molecule has 138 valence electrons. The number of hydrogen-bond acceptors (Lipinski definition) is 4. The van der Waals surface area contributed by atoms with Gasteiger partial charge < -0.3 is 15.5 Å². The fourth-order valence-corrected chi connectivity index (χ4v) is 2.32. The van der Waals surface area contributed by atoms with Crippen LogP contribution < -0.4 is 10.6 Å². The highest BCUT2D eigenvalue weighted by molar-refractivity contribution is 5.92. The van der Waals surface area contributed by atoms with E-state index in [1.54, 1.807) is 61.6 Å². The van der Waals surface area contributed by atoms with Crippen molar-refractivity contribution in [2.45, 2.75) is 6.54 Å². The number of rotatable bonds is 5. The Bertz CT molecular complexity index is 920. The van der Waals surface area contributed by atoms with Gasteiger partial charge in [-0.1, -0.05) is 12.1 Å². The van der Waals surface area contributed by atoms with Crippen LogP contribution in [0, 0.1) is 0 Å². The number of amides is 3. The van der Waals surface area contributed by atoms with Gasteiger partial charge in [-0.15, -0.1) is 0 Å². The molecule has 0 saturated carbocycles. The molecule has 0 spiro atoms. The van der Waals surface area contributed by atoms with Crippen LogP contribution in [0.3, 0.4) is 0 Å². The minimum Gasteiger partial charge on any atom is -0.347 e. The van der Waals surface area contributed by atoms with Crippen LogP contribution in [0.25, 0.3) is 5.69 Å². The largest absolute Gasteiger partial charge is 0.347 e. The van der Waals surface area contributed by atoms with Crippen molar-refractivity contribution in [1.29, 1.82) is 0 Å². The first-order valence-corrected chi connectivity index (χ1v) is 8.34. The predicted octanol–water partition coefficient (Wildman–Crippen LogP) is 2.29. The van der Waals surface area contributed by atoms with Crippen LogP contribution in [0.1, 0.15) is 16.1 Å². The second kappa shape index (κ2) is 8.13. The third-order valence-corrected chi connectivity index (χ3v) is 3.81. The molecule has 3 aromatic rings. The van der Waals surface area contributed by atoms with Gasteiger partial charge in [0, 0.05) is 44.9 Å². The number of urea groups is 1. The van der Waals surface area contributed by atoms with Crippen molar-refractivity contribution in [3.63, 3.8) is 0 Å². The second-order valence-electron chi connectivity index (χ2n) is 6.05. The summed E-state index contributed by atoms with van der Waals surface area (Å²) in [5, 5.41) is 9.74. The fourth-order valence-electron chi connectivity index (χ4n) is 2.32. The first kappa shape index (κ1) is 18.1. The number of anilines is 1. The van der Waals surface area contributed by atoms with Crippen LogP contribution in [0.5, 0.6) is 0 Å². The summed E-state index contributed by atoms with van der Waals surface area (Å²) >= 11 is 0. The summed E-state index contributed by atoms with van der Waals surface area (Å²) in [6.45, 7) is 0.356. The van der Waals surface area contributed by atoms with Crippen molar-refractivity contribution < 1.29 is 9.59 Å².